The summed E-state index contributed by atoms with van der Waals surface area (Å²) >= 11 is 3.42. The van der Waals surface area contributed by atoms with Crippen molar-refractivity contribution in [2.75, 3.05) is 31.1 Å². The summed E-state index contributed by atoms with van der Waals surface area (Å²) in [7, 11) is 0. The van der Waals surface area contributed by atoms with E-state index in [9.17, 15) is 9.59 Å². The Bertz CT molecular complexity index is 535. The molecule has 1 heterocycles. The van der Waals surface area contributed by atoms with Crippen LogP contribution in [-0.4, -0.2) is 49.1 Å². The van der Waals surface area contributed by atoms with Crippen LogP contribution in [0.5, 0.6) is 0 Å². The molecule has 0 aliphatic carbocycles. The zero-order valence-corrected chi connectivity index (χ0v) is 13.8. The van der Waals surface area contributed by atoms with Gasteiger partial charge in [-0.15, -0.1) is 0 Å². The first kappa shape index (κ1) is 16.0. The first-order chi connectivity index (χ1) is 10.0. The molecule has 1 aliphatic rings. The maximum atomic E-state index is 12.5. The lowest BCUT2D eigenvalue weighted by molar-refractivity contribution is -0.145. The van der Waals surface area contributed by atoms with E-state index in [0.29, 0.717) is 19.7 Å². The van der Waals surface area contributed by atoms with Crippen LogP contribution < -0.4 is 4.90 Å². The van der Waals surface area contributed by atoms with Gasteiger partial charge < -0.3 is 9.64 Å². The van der Waals surface area contributed by atoms with Crippen molar-refractivity contribution in [1.82, 2.24) is 4.90 Å². The number of esters is 1. The minimum atomic E-state index is -0.331. The van der Waals surface area contributed by atoms with Gasteiger partial charge in [-0.1, -0.05) is 22.0 Å². The van der Waals surface area contributed by atoms with Crippen LogP contribution in [0.2, 0.25) is 0 Å². The molecule has 1 aromatic carbocycles. The number of hydrogen-bond donors (Lipinski definition) is 0. The van der Waals surface area contributed by atoms with Gasteiger partial charge in [0.25, 0.3) is 0 Å². The number of amides is 1. The average Bonchev–Trinajstić information content (AvgIpc) is 2.44. The number of piperazine rings is 1. The zero-order valence-electron chi connectivity index (χ0n) is 12.2. The van der Waals surface area contributed by atoms with Gasteiger partial charge >= 0.3 is 5.97 Å². The minimum Gasteiger partial charge on any atom is -0.465 e. The van der Waals surface area contributed by atoms with Crippen molar-refractivity contribution in [3.05, 3.63) is 28.7 Å². The van der Waals surface area contributed by atoms with Gasteiger partial charge in [-0.3, -0.25) is 14.5 Å². The third-order valence-electron chi connectivity index (χ3n) is 3.54. The lowest BCUT2D eigenvalue weighted by Crippen LogP contribution is -2.57. The maximum absolute atomic E-state index is 12.5. The summed E-state index contributed by atoms with van der Waals surface area (Å²) in [6.45, 7) is 5.34. The van der Waals surface area contributed by atoms with Crippen LogP contribution in [0, 0.1) is 0 Å². The van der Waals surface area contributed by atoms with Crippen molar-refractivity contribution in [3.8, 4) is 0 Å². The average molecular weight is 355 g/mol. The van der Waals surface area contributed by atoms with Crippen LogP contribution in [0.15, 0.2) is 28.7 Å². The monoisotopic (exact) mass is 354 g/mol. The number of halogens is 1. The van der Waals surface area contributed by atoms with Crippen molar-refractivity contribution in [2.45, 2.75) is 19.9 Å². The highest BCUT2D eigenvalue weighted by molar-refractivity contribution is 9.10. The zero-order chi connectivity index (χ0) is 15.4. The van der Waals surface area contributed by atoms with E-state index < -0.39 is 0 Å². The number of nitrogens with zero attached hydrogens (tertiary/aromatic N) is 2. The summed E-state index contributed by atoms with van der Waals surface area (Å²) in [5, 5.41) is 0. The lowest BCUT2D eigenvalue weighted by Gasteiger charge is -2.38. The van der Waals surface area contributed by atoms with Gasteiger partial charge in [0.05, 0.1) is 19.2 Å². The van der Waals surface area contributed by atoms with Crippen molar-refractivity contribution < 1.29 is 14.3 Å². The highest BCUT2D eigenvalue weighted by atomic mass is 79.9. The molecule has 1 aliphatic heterocycles. The minimum absolute atomic E-state index is 0.00338. The molecule has 0 radical (unpaired) electrons. The van der Waals surface area contributed by atoms with E-state index in [0.717, 1.165) is 10.2 Å². The fourth-order valence-corrected chi connectivity index (χ4v) is 2.79. The first-order valence-electron chi connectivity index (χ1n) is 6.99. The molecule has 114 valence electrons. The second-order valence-corrected chi connectivity index (χ2v) is 5.84. The Kier molecular flexibility index (Phi) is 5.36. The van der Waals surface area contributed by atoms with Crippen molar-refractivity contribution >= 4 is 33.5 Å². The number of carbonyl (C=O) groups is 2. The van der Waals surface area contributed by atoms with Crippen LogP contribution in [0.4, 0.5) is 5.69 Å². The second kappa shape index (κ2) is 7.04. The van der Waals surface area contributed by atoms with Gasteiger partial charge in [0.1, 0.15) is 0 Å². The predicted molar refractivity (Wildman–Crippen MR) is 84.2 cm³/mol. The fraction of sp³-hybridized carbons (Fsp3) is 0.467. The van der Waals surface area contributed by atoms with E-state index in [2.05, 4.69) is 15.9 Å². The molecule has 5 nitrogen and oxygen atoms in total. The van der Waals surface area contributed by atoms with Crippen LogP contribution in [-0.2, 0) is 14.3 Å². The largest absolute Gasteiger partial charge is 0.465 e. The number of ether oxygens (including phenoxy) is 1. The Morgan fingerprint density at radius 3 is 2.86 bits per heavy atom. The molecule has 6 heteroatoms. The standard InChI is InChI=1S/C15H19BrN2O3/c1-3-21-14(19)10-17-7-8-18(15(20)11(17)2)13-6-4-5-12(16)9-13/h4-6,9,11H,3,7-8,10H2,1-2H3. The van der Waals surface area contributed by atoms with Gasteiger partial charge in [0.2, 0.25) is 5.91 Å². The second-order valence-electron chi connectivity index (χ2n) is 4.92. The molecule has 0 saturated carbocycles. The number of carbonyl (C=O) groups excluding carboxylic acids is 2. The molecule has 21 heavy (non-hydrogen) atoms. The van der Waals surface area contributed by atoms with Gasteiger partial charge in [0, 0.05) is 23.2 Å². The molecule has 0 N–H and O–H groups in total. The molecule has 0 aromatic heterocycles. The van der Waals surface area contributed by atoms with Crippen molar-refractivity contribution in [3.63, 3.8) is 0 Å². The van der Waals surface area contributed by atoms with Crippen LogP contribution >= 0.6 is 15.9 Å². The van der Waals surface area contributed by atoms with E-state index in [1.54, 1.807) is 11.8 Å². The number of hydrogen-bond acceptors (Lipinski definition) is 4. The molecule has 0 spiro atoms. The fourth-order valence-electron chi connectivity index (χ4n) is 2.40. The first-order valence-corrected chi connectivity index (χ1v) is 7.79. The van der Waals surface area contributed by atoms with Crippen LogP contribution in [0.3, 0.4) is 0 Å². The van der Waals surface area contributed by atoms with Gasteiger partial charge in [-0.25, -0.2) is 0 Å². The Labute approximate surface area is 133 Å². The summed E-state index contributed by atoms with van der Waals surface area (Å²) in [6, 6.07) is 7.33. The molecular weight excluding hydrogens is 336 g/mol. The summed E-state index contributed by atoms with van der Waals surface area (Å²) in [5.74, 6) is -0.281. The van der Waals surface area contributed by atoms with E-state index in [1.165, 1.54) is 0 Å². The SMILES string of the molecule is CCOC(=O)CN1CCN(c2cccc(Br)c2)C(=O)C1C. The predicted octanol–water partition coefficient (Wildman–Crippen LogP) is 2.05. The quantitative estimate of drug-likeness (QED) is 0.776. The normalized spacial score (nSPS) is 19.7. The Hall–Kier alpha value is -1.40. The van der Waals surface area contributed by atoms with Crippen molar-refractivity contribution in [2.24, 2.45) is 0 Å². The number of anilines is 1. The molecule has 1 aromatic rings. The molecule has 0 bridgehead atoms. The summed E-state index contributed by atoms with van der Waals surface area (Å²) in [6.07, 6.45) is 0. The highest BCUT2D eigenvalue weighted by Crippen LogP contribution is 2.23. The topological polar surface area (TPSA) is 49.9 Å². The van der Waals surface area contributed by atoms with Gasteiger partial charge in [-0.05, 0) is 32.0 Å². The third-order valence-corrected chi connectivity index (χ3v) is 4.03. The lowest BCUT2D eigenvalue weighted by atomic mass is 10.1. The van der Waals surface area contributed by atoms with E-state index >= 15 is 0 Å². The summed E-state index contributed by atoms with van der Waals surface area (Å²) in [4.78, 5) is 27.7. The Morgan fingerprint density at radius 1 is 1.43 bits per heavy atom. The van der Waals surface area contributed by atoms with Crippen LogP contribution in [0.25, 0.3) is 0 Å². The molecule has 1 amide bonds. The Balaban J connectivity index is 2.06. The van der Waals surface area contributed by atoms with E-state index in [1.807, 2.05) is 36.1 Å². The number of rotatable bonds is 4. The van der Waals surface area contributed by atoms with E-state index in [4.69, 9.17) is 4.74 Å². The molecule has 2 rings (SSSR count). The smallest absolute Gasteiger partial charge is 0.320 e. The van der Waals surface area contributed by atoms with E-state index in [-0.39, 0.29) is 24.5 Å². The van der Waals surface area contributed by atoms with Gasteiger partial charge in [-0.2, -0.15) is 0 Å². The Morgan fingerprint density at radius 2 is 2.19 bits per heavy atom. The number of benzene rings is 1. The summed E-state index contributed by atoms with van der Waals surface area (Å²) in [5.41, 5.74) is 0.872. The summed E-state index contributed by atoms with van der Waals surface area (Å²) < 4.78 is 5.88. The molecule has 1 fully saturated rings. The van der Waals surface area contributed by atoms with Crippen LogP contribution in [0.1, 0.15) is 13.8 Å². The maximum Gasteiger partial charge on any atom is 0.320 e. The highest BCUT2D eigenvalue weighted by Gasteiger charge is 2.33. The molecule has 1 saturated heterocycles. The van der Waals surface area contributed by atoms with Gasteiger partial charge in [0.15, 0.2) is 0 Å². The molecule has 1 atom stereocenters. The molecular formula is C15H19BrN2O3. The third kappa shape index (κ3) is 3.83. The van der Waals surface area contributed by atoms with Crippen molar-refractivity contribution in [1.29, 1.82) is 0 Å². The molecule has 1 unspecified atom stereocenters.